The lowest BCUT2D eigenvalue weighted by atomic mass is 9.84. The standard InChI is InChI=1S/C21H26N2O5/c1-28-17-10-9-15(22-19(25)21(20(26)27)11-5-6-12-21)13-16(17)23-18(24)14-7-3-2-4-8-14/h5-6,9-10,13-14H,2-4,7-8,11-12H2,1H3,(H,22,25)(H,23,24)(H,26,27). The van der Waals surface area contributed by atoms with Gasteiger partial charge in [0, 0.05) is 11.6 Å². The van der Waals surface area contributed by atoms with Gasteiger partial charge in [-0.1, -0.05) is 31.4 Å². The number of rotatable bonds is 6. The molecule has 0 unspecified atom stereocenters. The van der Waals surface area contributed by atoms with E-state index in [9.17, 15) is 19.5 Å². The maximum Gasteiger partial charge on any atom is 0.319 e. The summed E-state index contributed by atoms with van der Waals surface area (Å²) in [5, 5.41) is 15.1. The van der Waals surface area contributed by atoms with Crippen LogP contribution in [0.1, 0.15) is 44.9 Å². The van der Waals surface area contributed by atoms with Gasteiger partial charge in [-0.2, -0.15) is 0 Å². The second-order valence-electron chi connectivity index (χ2n) is 7.46. The van der Waals surface area contributed by atoms with Crippen molar-refractivity contribution in [2.24, 2.45) is 11.3 Å². The molecule has 3 rings (SSSR count). The molecule has 0 atom stereocenters. The third-order valence-electron chi connectivity index (χ3n) is 5.63. The zero-order valence-corrected chi connectivity index (χ0v) is 16.0. The van der Waals surface area contributed by atoms with E-state index in [1.807, 2.05) is 0 Å². The number of carboxylic acids is 1. The molecule has 0 saturated heterocycles. The van der Waals surface area contributed by atoms with Gasteiger partial charge < -0.3 is 20.5 Å². The van der Waals surface area contributed by atoms with Crippen molar-refractivity contribution < 1.29 is 24.2 Å². The fourth-order valence-corrected chi connectivity index (χ4v) is 3.84. The Labute approximate surface area is 164 Å². The van der Waals surface area contributed by atoms with E-state index in [2.05, 4.69) is 10.6 Å². The number of carboxylic acid groups (broad SMARTS) is 1. The number of nitrogens with one attached hydrogen (secondary N) is 2. The van der Waals surface area contributed by atoms with Crippen LogP contribution in [0.15, 0.2) is 30.4 Å². The van der Waals surface area contributed by atoms with Gasteiger partial charge in [-0.3, -0.25) is 14.4 Å². The number of allylic oxidation sites excluding steroid dienone is 2. The fourth-order valence-electron chi connectivity index (χ4n) is 3.84. The zero-order chi connectivity index (χ0) is 20.1. The number of amides is 2. The van der Waals surface area contributed by atoms with Gasteiger partial charge in [0.2, 0.25) is 11.8 Å². The molecule has 0 aliphatic heterocycles. The first-order chi connectivity index (χ1) is 13.5. The topological polar surface area (TPSA) is 105 Å². The number of anilines is 2. The van der Waals surface area contributed by atoms with Crippen LogP contribution in [-0.2, 0) is 14.4 Å². The summed E-state index contributed by atoms with van der Waals surface area (Å²) < 4.78 is 5.32. The van der Waals surface area contributed by atoms with Crippen LogP contribution in [-0.4, -0.2) is 30.0 Å². The highest BCUT2D eigenvalue weighted by atomic mass is 16.5. The summed E-state index contributed by atoms with van der Waals surface area (Å²) in [6.45, 7) is 0. The molecule has 150 valence electrons. The first-order valence-corrected chi connectivity index (χ1v) is 9.65. The smallest absolute Gasteiger partial charge is 0.319 e. The van der Waals surface area contributed by atoms with Crippen LogP contribution in [0.4, 0.5) is 11.4 Å². The fraction of sp³-hybridized carbons (Fsp3) is 0.476. The summed E-state index contributed by atoms with van der Waals surface area (Å²) in [5.41, 5.74) is -0.604. The molecule has 1 aromatic rings. The second-order valence-corrected chi connectivity index (χ2v) is 7.46. The number of carbonyl (C=O) groups excluding carboxylic acids is 2. The Morgan fingerprint density at radius 1 is 1.07 bits per heavy atom. The third kappa shape index (κ3) is 4.03. The van der Waals surface area contributed by atoms with E-state index in [0.717, 1.165) is 32.1 Å². The van der Waals surface area contributed by atoms with Gasteiger partial charge >= 0.3 is 5.97 Å². The first kappa shape index (κ1) is 19.9. The first-order valence-electron chi connectivity index (χ1n) is 9.65. The molecule has 3 N–H and O–H groups in total. The van der Waals surface area contributed by atoms with Crippen LogP contribution in [0.3, 0.4) is 0 Å². The van der Waals surface area contributed by atoms with Crippen molar-refractivity contribution in [1.29, 1.82) is 0 Å². The predicted molar refractivity (Wildman–Crippen MR) is 105 cm³/mol. The van der Waals surface area contributed by atoms with E-state index >= 15 is 0 Å². The van der Waals surface area contributed by atoms with E-state index in [0.29, 0.717) is 17.1 Å². The van der Waals surface area contributed by atoms with Crippen molar-refractivity contribution in [1.82, 2.24) is 0 Å². The Morgan fingerprint density at radius 3 is 2.36 bits per heavy atom. The highest BCUT2D eigenvalue weighted by molar-refractivity contribution is 6.09. The van der Waals surface area contributed by atoms with Gasteiger partial charge in [-0.25, -0.2) is 0 Å². The van der Waals surface area contributed by atoms with Gasteiger partial charge in [0.25, 0.3) is 0 Å². The average molecular weight is 386 g/mol. The van der Waals surface area contributed by atoms with Crippen molar-refractivity contribution in [2.45, 2.75) is 44.9 Å². The molecule has 7 nitrogen and oxygen atoms in total. The zero-order valence-electron chi connectivity index (χ0n) is 16.0. The van der Waals surface area contributed by atoms with Crippen LogP contribution >= 0.6 is 0 Å². The van der Waals surface area contributed by atoms with Gasteiger partial charge in [0.15, 0.2) is 5.41 Å². The minimum atomic E-state index is -1.48. The molecular formula is C21H26N2O5. The van der Waals surface area contributed by atoms with Gasteiger partial charge in [-0.05, 0) is 43.9 Å². The Morgan fingerprint density at radius 2 is 1.75 bits per heavy atom. The predicted octanol–water partition coefficient (Wildman–Crippen LogP) is 3.57. The van der Waals surface area contributed by atoms with Crippen LogP contribution in [0.25, 0.3) is 0 Å². The Balaban J connectivity index is 1.75. The Bertz CT molecular complexity index is 788. The molecule has 2 amide bonds. The van der Waals surface area contributed by atoms with E-state index in [1.165, 1.54) is 7.11 Å². The molecular weight excluding hydrogens is 360 g/mol. The quantitative estimate of drug-likeness (QED) is 0.512. The SMILES string of the molecule is COc1ccc(NC(=O)C2(C(=O)O)CC=CC2)cc1NC(=O)C1CCCCC1. The number of hydrogen-bond acceptors (Lipinski definition) is 4. The lowest BCUT2D eigenvalue weighted by molar-refractivity contribution is -0.153. The molecule has 28 heavy (non-hydrogen) atoms. The molecule has 0 spiro atoms. The van der Waals surface area contributed by atoms with Crippen molar-refractivity contribution in [2.75, 3.05) is 17.7 Å². The van der Waals surface area contributed by atoms with Crippen molar-refractivity contribution in [3.05, 3.63) is 30.4 Å². The highest BCUT2D eigenvalue weighted by Crippen LogP contribution is 2.36. The number of ether oxygens (including phenoxy) is 1. The number of methoxy groups -OCH3 is 1. The van der Waals surface area contributed by atoms with Crippen LogP contribution in [0, 0.1) is 11.3 Å². The minimum Gasteiger partial charge on any atom is -0.495 e. The highest BCUT2D eigenvalue weighted by Gasteiger charge is 2.46. The number of aliphatic carboxylic acids is 1. The minimum absolute atomic E-state index is 0.0171. The molecule has 0 heterocycles. The third-order valence-corrected chi connectivity index (χ3v) is 5.63. The number of hydrogen-bond donors (Lipinski definition) is 3. The molecule has 1 fully saturated rings. The van der Waals surface area contributed by atoms with Crippen molar-refractivity contribution in [3.63, 3.8) is 0 Å². The van der Waals surface area contributed by atoms with E-state index in [-0.39, 0.29) is 24.7 Å². The maximum absolute atomic E-state index is 12.7. The molecule has 1 aromatic carbocycles. The second kappa shape index (κ2) is 8.46. The molecule has 2 aliphatic rings. The maximum atomic E-state index is 12.7. The molecule has 0 bridgehead atoms. The molecule has 0 radical (unpaired) electrons. The summed E-state index contributed by atoms with van der Waals surface area (Å²) in [7, 11) is 1.51. The van der Waals surface area contributed by atoms with Gasteiger partial charge in [0.1, 0.15) is 5.75 Å². The summed E-state index contributed by atoms with van der Waals surface area (Å²) in [6, 6.07) is 4.88. The van der Waals surface area contributed by atoms with E-state index in [1.54, 1.807) is 30.4 Å². The van der Waals surface area contributed by atoms with Crippen LogP contribution in [0.2, 0.25) is 0 Å². The molecule has 2 aliphatic carbocycles. The normalized spacial score (nSPS) is 18.5. The van der Waals surface area contributed by atoms with Gasteiger partial charge in [0.05, 0.1) is 12.8 Å². The number of carbonyl (C=O) groups is 3. The lowest BCUT2D eigenvalue weighted by Crippen LogP contribution is -2.41. The van der Waals surface area contributed by atoms with Crippen molar-refractivity contribution >= 4 is 29.2 Å². The summed E-state index contributed by atoms with van der Waals surface area (Å²) in [5.74, 6) is -1.30. The van der Waals surface area contributed by atoms with Crippen LogP contribution < -0.4 is 15.4 Å². The van der Waals surface area contributed by atoms with Gasteiger partial charge in [-0.15, -0.1) is 0 Å². The Kier molecular flexibility index (Phi) is 6.02. The monoisotopic (exact) mass is 386 g/mol. The summed E-state index contributed by atoms with van der Waals surface area (Å²) in [6.07, 6.45) is 8.75. The molecule has 7 heteroatoms. The Hall–Kier alpha value is -2.83. The average Bonchev–Trinajstić information content (AvgIpc) is 3.20. The van der Waals surface area contributed by atoms with Crippen LogP contribution in [0.5, 0.6) is 5.75 Å². The van der Waals surface area contributed by atoms with E-state index < -0.39 is 17.3 Å². The summed E-state index contributed by atoms with van der Waals surface area (Å²) in [4.78, 5) is 36.9. The molecule has 0 aromatic heterocycles. The number of benzene rings is 1. The largest absolute Gasteiger partial charge is 0.495 e. The summed E-state index contributed by atoms with van der Waals surface area (Å²) >= 11 is 0. The van der Waals surface area contributed by atoms with E-state index in [4.69, 9.17) is 4.74 Å². The van der Waals surface area contributed by atoms with Crippen molar-refractivity contribution in [3.8, 4) is 5.75 Å². The lowest BCUT2D eigenvalue weighted by Gasteiger charge is -2.23. The molecule has 1 saturated carbocycles.